The quantitative estimate of drug-likeness (QED) is 0.561. The highest BCUT2D eigenvalue weighted by molar-refractivity contribution is 7.93. The van der Waals surface area contributed by atoms with Crippen molar-refractivity contribution in [3.8, 4) is 0 Å². The molecule has 0 saturated carbocycles. The summed E-state index contributed by atoms with van der Waals surface area (Å²) in [5.74, 6) is -0.256. The van der Waals surface area contributed by atoms with Crippen LogP contribution in [0, 0.1) is 0 Å². The normalized spacial score (nSPS) is 11.5. The number of hydrogen-bond donors (Lipinski definition) is 2. The molecule has 2 aromatic heterocycles. The zero-order valence-electron chi connectivity index (χ0n) is 15.2. The van der Waals surface area contributed by atoms with Crippen LogP contribution < -0.4 is 10.0 Å². The second kappa shape index (κ2) is 8.78. The summed E-state index contributed by atoms with van der Waals surface area (Å²) in [6.45, 7) is 0.698. The van der Waals surface area contributed by atoms with E-state index in [2.05, 4.69) is 20.0 Å². The van der Waals surface area contributed by atoms with Crippen molar-refractivity contribution in [1.82, 2.24) is 14.9 Å². The lowest BCUT2D eigenvalue weighted by Crippen LogP contribution is -2.15. The van der Waals surface area contributed by atoms with E-state index in [1.54, 1.807) is 23.6 Å². The highest BCUT2D eigenvalue weighted by Gasteiger charge is 2.16. The van der Waals surface area contributed by atoms with E-state index in [9.17, 15) is 13.2 Å². The summed E-state index contributed by atoms with van der Waals surface area (Å²) >= 11 is 2.49. The average Bonchev–Trinajstić information content (AvgIpc) is 3.24. The second-order valence-corrected chi connectivity index (χ2v) is 9.57. The molecule has 0 aliphatic heterocycles. The van der Waals surface area contributed by atoms with Crippen molar-refractivity contribution in [3.05, 3.63) is 52.5 Å². The molecule has 2 heterocycles. The van der Waals surface area contributed by atoms with Crippen molar-refractivity contribution in [2.75, 3.05) is 24.1 Å². The van der Waals surface area contributed by atoms with E-state index in [1.807, 2.05) is 24.4 Å². The summed E-state index contributed by atoms with van der Waals surface area (Å²) in [5, 5.41) is 7.04. The molecule has 0 aliphatic carbocycles. The minimum absolute atomic E-state index is 0.0339. The van der Waals surface area contributed by atoms with Crippen molar-refractivity contribution >= 4 is 48.9 Å². The molecule has 0 unspecified atom stereocenters. The van der Waals surface area contributed by atoms with E-state index in [-0.39, 0.29) is 22.4 Å². The average molecular weight is 438 g/mol. The van der Waals surface area contributed by atoms with Crippen LogP contribution in [0.2, 0.25) is 0 Å². The zero-order valence-corrected chi connectivity index (χ0v) is 17.7. The smallest absolute Gasteiger partial charge is 0.263 e. The topological polar surface area (TPSA) is 104 Å². The number of benzene rings is 1. The molecule has 1 aromatic carbocycles. The second-order valence-electron chi connectivity index (χ2n) is 6.17. The maximum atomic E-state index is 12.3. The van der Waals surface area contributed by atoms with Gasteiger partial charge in [-0.25, -0.2) is 18.4 Å². The third kappa shape index (κ3) is 5.58. The minimum atomic E-state index is -3.70. The summed E-state index contributed by atoms with van der Waals surface area (Å²) in [5.41, 5.74) is 1.37. The Kier molecular flexibility index (Phi) is 6.39. The molecule has 0 bridgehead atoms. The molecule has 3 aromatic rings. The summed E-state index contributed by atoms with van der Waals surface area (Å²) < 4.78 is 27.1. The fourth-order valence-electron chi connectivity index (χ4n) is 2.30. The van der Waals surface area contributed by atoms with Gasteiger partial charge in [0.05, 0.1) is 22.7 Å². The molecule has 148 valence electrons. The van der Waals surface area contributed by atoms with Crippen molar-refractivity contribution in [1.29, 1.82) is 0 Å². The number of carbonyl (C=O) groups excluding carboxylic acids is 1. The third-order valence-corrected chi connectivity index (χ3v) is 6.54. The first-order chi connectivity index (χ1) is 13.3. The zero-order chi connectivity index (χ0) is 20.1. The Morgan fingerprint density at radius 1 is 1.04 bits per heavy atom. The van der Waals surface area contributed by atoms with E-state index < -0.39 is 10.0 Å². The third-order valence-electron chi connectivity index (χ3n) is 3.44. The first-order valence-corrected chi connectivity index (χ1v) is 11.5. The molecule has 0 aliphatic rings. The number of hydrogen-bond acceptors (Lipinski definition) is 8. The van der Waals surface area contributed by atoms with Crippen molar-refractivity contribution in [2.45, 2.75) is 17.9 Å². The van der Waals surface area contributed by atoms with Gasteiger partial charge in [0.2, 0.25) is 5.91 Å². The van der Waals surface area contributed by atoms with Crippen LogP contribution in [0.1, 0.15) is 11.4 Å². The van der Waals surface area contributed by atoms with Crippen LogP contribution in [0.25, 0.3) is 0 Å². The fraction of sp³-hybridized carbons (Fsp3) is 0.235. The molecule has 28 heavy (non-hydrogen) atoms. The number of thiazole rings is 2. The maximum absolute atomic E-state index is 12.3. The Morgan fingerprint density at radius 2 is 1.68 bits per heavy atom. The molecule has 8 nitrogen and oxygen atoms in total. The number of sulfonamides is 1. The lowest BCUT2D eigenvalue weighted by molar-refractivity contribution is -0.115. The highest BCUT2D eigenvalue weighted by atomic mass is 32.2. The first kappa shape index (κ1) is 20.4. The van der Waals surface area contributed by atoms with Gasteiger partial charge in [0.15, 0.2) is 10.3 Å². The number of nitrogens with one attached hydrogen (secondary N) is 2. The molecule has 0 spiro atoms. The Balaban J connectivity index is 1.58. The molecule has 0 saturated heterocycles. The lowest BCUT2D eigenvalue weighted by atomic mass is 10.3. The number of nitrogens with zero attached hydrogens (tertiary/aromatic N) is 3. The van der Waals surface area contributed by atoms with Crippen LogP contribution in [-0.4, -0.2) is 43.3 Å². The highest BCUT2D eigenvalue weighted by Crippen LogP contribution is 2.21. The Bertz CT molecular complexity index is 1040. The van der Waals surface area contributed by atoms with Crippen molar-refractivity contribution in [2.24, 2.45) is 0 Å². The van der Waals surface area contributed by atoms with Crippen LogP contribution in [0.5, 0.6) is 0 Å². The summed E-state index contributed by atoms with van der Waals surface area (Å²) in [6.07, 6.45) is 0.0339. The van der Waals surface area contributed by atoms with Crippen LogP contribution in [0.3, 0.4) is 0 Å². The molecule has 1 amide bonds. The molecule has 3 rings (SSSR count). The van der Waals surface area contributed by atoms with Gasteiger partial charge in [-0.3, -0.25) is 9.52 Å². The minimum Gasteiger partial charge on any atom is -0.304 e. The standard InChI is InChI=1S/C17H19N5O3S3/c1-22(2)9-13-11-26-16(19-13)20-15(23)8-12-10-27-17(18-12)21-28(24,25)14-6-4-3-5-7-14/h3-7,10-11H,8-9H2,1-2H3,(H,18,21)(H,19,20,23). The Labute approximate surface area is 171 Å². The summed E-state index contributed by atoms with van der Waals surface area (Å²) in [6, 6.07) is 8.04. The van der Waals surface area contributed by atoms with Gasteiger partial charge in [-0.15, -0.1) is 22.7 Å². The van der Waals surface area contributed by atoms with Gasteiger partial charge in [0.25, 0.3) is 10.0 Å². The number of anilines is 2. The van der Waals surface area contributed by atoms with Crippen LogP contribution in [-0.2, 0) is 27.8 Å². The number of aromatic nitrogens is 2. The van der Waals surface area contributed by atoms with Gasteiger partial charge in [-0.1, -0.05) is 18.2 Å². The molecular weight excluding hydrogens is 418 g/mol. The number of carbonyl (C=O) groups is 1. The number of rotatable bonds is 8. The van der Waals surface area contributed by atoms with Gasteiger partial charge in [0.1, 0.15) is 0 Å². The number of amides is 1. The van der Waals surface area contributed by atoms with Gasteiger partial charge < -0.3 is 10.2 Å². The van der Waals surface area contributed by atoms with Gasteiger partial charge in [0, 0.05) is 17.3 Å². The lowest BCUT2D eigenvalue weighted by Gasteiger charge is -2.05. The van der Waals surface area contributed by atoms with E-state index in [1.165, 1.54) is 23.5 Å². The van der Waals surface area contributed by atoms with Crippen molar-refractivity contribution < 1.29 is 13.2 Å². The van der Waals surface area contributed by atoms with E-state index in [0.717, 1.165) is 17.0 Å². The largest absolute Gasteiger partial charge is 0.304 e. The van der Waals surface area contributed by atoms with E-state index in [0.29, 0.717) is 17.4 Å². The molecule has 0 atom stereocenters. The molecular formula is C17H19N5O3S3. The van der Waals surface area contributed by atoms with E-state index >= 15 is 0 Å². The first-order valence-electron chi connectivity index (χ1n) is 8.23. The van der Waals surface area contributed by atoms with Crippen LogP contribution in [0.15, 0.2) is 46.0 Å². The van der Waals surface area contributed by atoms with Gasteiger partial charge >= 0.3 is 0 Å². The van der Waals surface area contributed by atoms with Gasteiger partial charge in [-0.05, 0) is 26.2 Å². The Morgan fingerprint density at radius 3 is 2.39 bits per heavy atom. The maximum Gasteiger partial charge on any atom is 0.263 e. The monoisotopic (exact) mass is 437 g/mol. The van der Waals surface area contributed by atoms with Crippen molar-refractivity contribution in [3.63, 3.8) is 0 Å². The molecule has 11 heteroatoms. The molecule has 0 fully saturated rings. The van der Waals surface area contributed by atoms with Gasteiger partial charge in [-0.2, -0.15) is 0 Å². The molecule has 0 radical (unpaired) electrons. The van der Waals surface area contributed by atoms with E-state index in [4.69, 9.17) is 0 Å². The summed E-state index contributed by atoms with van der Waals surface area (Å²) in [7, 11) is 0.197. The SMILES string of the molecule is CN(C)Cc1csc(NC(=O)Cc2csc(NS(=O)(=O)c3ccccc3)n2)n1. The predicted molar refractivity (Wildman–Crippen MR) is 111 cm³/mol. The Hall–Kier alpha value is -2.34. The molecule has 2 N–H and O–H groups in total. The fourth-order valence-corrected chi connectivity index (χ4v) is 5.00. The van der Waals surface area contributed by atoms with Crippen LogP contribution >= 0.6 is 22.7 Å². The van der Waals surface area contributed by atoms with Crippen LogP contribution in [0.4, 0.5) is 10.3 Å². The summed E-state index contributed by atoms with van der Waals surface area (Å²) in [4.78, 5) is 22.9. The predicted octanol–water partition coefficient (Wildman–Crippen LogP) is 2.64.